The molecule has 0 radical (unpaired) electrons. The zero-order valence-electron chi connectivity index (χ0n) is 15.0. The molecule has 0 saturated carbocycles. The third-order valence-corrected chi connectivity index (χ3v) is 4.80. The van der Waals surface area contributed by atoms with Crippen LogP contribution >= 0.6 is 0 Å². The molecule has 1 amide bonds. The van der Waals surface area contributed by atoms with Crippen molar-refractivity contribution < 1.29 is 18.5 Å². The number of quaternary nitrogens is 1. The molecule has 6 nitrogen and oxygen atoms in total. The minimum absolute atomic E-state index is 0.0367. The lowest BCUT2D eigenvalue weighted by Gasteiger charge is -2.25. The van der Waals surface area contributed by atoms with Crippen molar-refractivity contribution in [1.82, 2.24) is 9.88 Å². The Bertz CT molecular complexity index is 1080. The van der Waals surface area contributed by atoms with E-state index in [1.807, 2.05) is 14.1 Å². The molecular formula is C20H19FN3O3+. The number of likely N-dealkylation sites (N-methyl/N-ethyl adjacent to an activating group) is 1. The molecule has 1 atom stereocenters. The van der Waals surface area contributed by atoms with Crippen LogP contribution in [-0.2, 0) is 0 Å². The molecule has 0 fully saturated rings. The number of benzene rings is 1. The molecule has 0 saturated heterocycles. The van der Waals surface area contributed by atoms with Gasteiger partial charge in [0.2, 0.25) is 5.76 Å². The Hall–Kier alpha value is -3.06. The zero-order valence-corrected chi connectivity index (χ0v) is 15.0. The van der Waals surface area contributed by atoms with Crippen molar-refractivity contribution in [3.63, 3.8) is 0 Å². The summed E-state index contributed by atoms with van der Waals surface area (Å²) in [5.74, 6) is -0.807. The number of nitrogens with one attached hydrogen (secondary N) is 1. The van der Waals surface area contributed by atoms with E-state index in [0.29, 0.717) is 13.1 Å². The molecule has 1 aliphatic rings. The highest BCUT2D eigenvalue weighted by Crippen LogP contribution is 2.37. The van der Waals surface area contributed by atoms with Crippen molar-refractivity contribution in [3.05, 3.63) is 75.7 Å². The van der Waals surface area contributed by atoms with E-state index in [-0.39, 0.29) is 33.6 Å². The molecule has 3 aromatic rings. The predicted molar refractivity (Wildman–Crippen MR) is 97.2 cm³/mol. The summed E-state index contributed by atoms with van der Waals surface area (Å²) < 4.78 is 19.4. The third-order valence-electron chi connectivity index (χ3n) is 4.80. The van der Waals surface area contributed by atoms with Gasteiger partial charge in [0.05, 0.1) is 44.2 Å². The van der Waals surface area contributed by atoms with Gasteiger partial charge < -0.3 is 14.2 Å². The smallest absolute Gasteiger partial charge is 0.291 e. The summed E-state index contributed by atoms with van der Waals surface area (Å²) in [7, 11) is 3.99. The normalized spacial score (nSPS) is 16.4. The molecule has 7 heteroatoms. The number of halogens is 1. The summed E-state index contributed by atoms with van der Waals surface area (Å²) in [5.41, 5.74) is 0.870. The molecule has 1 aromatic carbocycles. The average molecular weight is 368 g/mol. The van der Waals surface area contributed by atoms with Crippen LogP contribution in [0.25, 0.3) is 11.0 Å². The minimum Gasteiger partial charge on any atom is -0.450 e. The van der Waals surface area contributed by atoms with Gasteiger partial charge in [-0.25, -0.2) is 4.39 Å². The van der Waals surface area contributed by atoms with Gasteiger partial charge in [0.25, 0.3) is 5.91 Å². The van der Waals surface area contributed by atoms with Crippen molar-refractivity contribution in [2.24, 2.45) is 0 Å². The summed E-state index contributed by atoms with van der Waals surface area (Å²) in [6.45, 7) is 1.17. The number of hydrogen-bond donors (Lipinski definition) is 1. The van der Waals surface area contributed by atoms with Crippen LogP contribution in [0.2, 0.25) is 0 Å². The van der Waals surface area contributed by atoms with E-state index < -0.39 is 11.9 Å². The maximum Gasteiger partial charge on any atom is 0.291 e. The Morgan fingerprint density at radius 3 is 2.63 bits per heavy atom. The highest BCUT2D eigenvalue weighted by Gasteiger charge is 2.42. The van der Waals surface area contributed by atoms with E-state index in [4.69, 9.17) is 4.42 Å². The van der Waals surface area contributed by atoms with Gasteiger partial charge in [-0.2, -0.15) is 0 Å². The molecule has 138 valence electrons. The number of hydrogen-bond acceptors (Lipinski definition) is 4. The number of amides is 1. The Morgan fingerprint density at radius 1 is 1.19 bits per heavy atom. The van der Waals surface area contributed by atoms with Gasteiger partial charge in [0, 0.05) is 12.4 Å². The summed E-state index contributed by atoms with van der Waals surface area (Å²) in [4.78, 5) is 33.1. The highest BCUT2D eigenvalue weighted by atomic mass is 19.1. The van der Waals surface area contributed by atoms with Crippen molar-refractivity contribution >= 4 is 16.9 Å². The molecule has 0 bridgehead atoms. The largest absolute Gasteiger partial charge is 0.450 e. The van der Waals surface area contributed by atoms with Gasteiger partial charge in [-0.15, -0.1) is 0 Å². The lowest BCUT2D eigenvalue weighted by molar-refractivity contribution is -0.857. The van der Waals surface area contributed by atoms with E-state index in [1.54, 1.807) is 29.4 Å². The van der Waals surface area contributed by atoms with Gasteiger partial charge in [0.1, 0.15) is 11.4 Å². The Morgan fingerprint density at radius 2 is 1.93 bits per heavy atom. The molecule has 0 aliphatic carbocycles. The number of carbonyl (C=O) groups is 1. The molecule has 1 aliphatic heterocycles. The number of carbonyl (C=O) groups excluding carboxylic acids is 1. The molecule has 2 aromatic heterocycles. The van der Waals surface area contributed by atoms with Crippen LogP contribution in [-0.4, -0.2) is 43.0 Å². The second-order valence-corrected chi connectivity index (χ2v) is 6.95. The predicted octanol–water partition coefficient (Wildman–Crippen LogP) is 1.02. The number of nitrogens with zero attached hydrogens (tertiary/aromatic N) is 2. The SMILES string of the molecule is C[NH+](C)CCN1C(=O)c2oc3ccc(F)cc3c(=O)c2[C@H]1c1ccncc1. The van der Waals surface area contributed by atoms with Crippen molar-refractivity contribution in [3.8, 4) is 0 Å². The number of aromatic nitrogens is 1. The van der Waals surface area contributed by atoms with E-state index in [1.165, 1.54) is 17.0 Å². The van der Waals surface area contributed by atoms with Gasteiger partial charge in [-0.1, -0.05) is 0 Å². The number of fused-ring (bicyclic) bond motifs is 2. The Labute approximate surface area is 154 Å². The topological polar surface area (TPSA) is 67.8 Å². The highest BCUT2D eigenvalue weighted by molar-refractivity contribution is 5.99. The standard InChI is InChI=1S/C20H18FN3O3/c1-23(2)9-10-24-17(12-5-7-22-8-6-12)16-18(25)14-11-13(21)3-4-15(14)27-19(16)20(24)26/h3-8,11,17H,9-10H2,1-2H3/p+1/t17-/m1/s1. The maximum atomic E-state index is 13.7. The van der Waals surface area contributed by atoms with Crippen LogP contribution in [0.1, 0.15) is 27.7 Å². The fraction of sp³-hybridized carbons (Fsp3) is 0.250. The van der Waals surface area contributed by atoms with Crippen molar-refractivity contribution in [2.45, 2.75) is 6.04 Å². The van der Waals surface area contributed by atoms with Gasteiger partial charge in [-0.05, 0) is 35.9 Å². The molecule has 0 spiro atoms. The minimum atomic E-state index is -0.571. The molecule has 4 rings (SSSR count). The van der Waals surface area contributed by atoms with Crippen LogP contribution in [0.15, 0.2) is 51.9 Å². The fourth-order valence-corrected chi connectivity index (χ4v) is 3.46. The van der Waals surface area contributed by atoms with Crippen LogP contribution in [0, 0.1) is 5.82 Å². The van der Waals surface area contributed by atoms with Crippen molar-refractivity contribution in [1.29, 1.82) is 0 Å². The zero-order chi connectivity index (χ0) is 19.1. The first-order valence-electron chi connectivity index (χ1n) is 8.73. The lowest BCUT2D eigenvalue weighted by atomic mass is 9.99. The monoisotopic (exact) mass is 368 g/mol. The van der Waals surface area contributed by atoms with Crippen LogP contribution in [0.3, 0.4) is 0 Å². The number of pyridine rings is 1. The molecule has 0 unspecified atom stereocenters. The summed E-state index contributed by atoms with van der Waals surface area (Å²) in [5, 5.41) is 0.140. The van der Waals surface area contributed by atoms with Crippen LogP contribution in [0.4, 0.5) is 4.39 Å². The van der Waals surface area contributed by atoms with E-state index >= 15 is 0 Å². The molecule has 27 heavy (non-hydrogen) atoms. The van der Waals surface area contributed by atoms with Crippen molar-refractivity contribution in [2.75, 3.05) is 27.2 Å². The second-order valence-electron chi connectivity index (χ2n) is 6.95. The first-order valence-corrected chi connectivity index (χ1v) is 8.73. The second kappa shape index (κ2) is 6.59. The Kier molecular flexibility index (Phi) is 4.24. The van der Waals surface area contributed by atoms with E-state index in [9.17, 15) is 14.0 Å². The van der Waals surface area contributed by atoms with Gasteiger partial charge >= 0.3 is 0 Å². The molecule has 1 N–H and O–H groups in total. The van der Waals surface area contributed by atoms with Crippen LogP contribution in [0.5, 0.6) is 0 Å². The maximum absolute atomic E-state index is 13.7. The molecule has 3 heterocycles. The average Bonchev–Trinajstić information content (AvgIpc) is 2.94. The summed E-state index contributed by atoms with van der Waals surface area (Å²) >= 11 is 0. The molecular weight excluding hydrogens is 349 g/mol. The van der Waals surface area contributed by atoms with Gasteiger partial charge in [0.15, 0.2) is 5.43 Å². The summed E-state index contributed by atoms with van der Waals surface area (Å²) in [6, 6.07) is 6.73. The number of rotatable bonds is 4. The van der Waals surface area contributed by atoms with E-state index in [0.717, 1.165) is 11.6 Å². The summed E-state index contributed by atoms with van der Waals surface area (Å²) in [6.07, 6.45) is 3.24. The Balaban J connectivity index is 1.95. The van der Waals surface area contributed by atoms with Crippen LogP contribution < -0.4 is 10.3 Å². The van der Waals surface area contributed by atoms with Gasteiger partial charge in [-0.3, -0.25) is 14.6 Å². The third kappa shape index (κ3) is 2.90. The lowest BCUT2D eigenvalue weighted by Crippen LogP contribution is -3.06. The van der Waals surface area contributed by atoms with E-state index in [2.05, 4.69) is 4.98 Å². The quantitative estimate of drug-likeness (QED) is 0.747. The first kappa shape index (κ1) is 17.4. The first-order chi connectivity index (χ1) is 13.0. The fourth-order valence-electron chi connectivity index (χ4n) is 3.46.